The van der Waals surface area contributed by atoms with Crippen molar-refractivity contribution in [3.8, 4) is 0 Å². The zero-order valence-corrected chi connectivity index (χ0v) is 11.8. The minimum atomic E-state index is -0.0541. The van der Waals surface area contributed by atoms with Crippen molar-refractivity contribution in [2.75, 3.05) is 13.1 Å². The van der Waals surface area contributed by atoms with Gasteiger partial charge in [0.15, 0.2) is 0 Å². The molecule has 1 aliphatic heterocycles. The van der Waals surface area contributed by atoms with Gasteiger partial charge in [0.25, 0.3) is 0 Å². The zero-order chi connectivity index (χ0) is 13.1. The van der Waals surface area contributed by atoms with Crippen LogP contribution in [0.4, 0.5) is 0 Å². The standard InChI is InChI=1S/C13H16Cl2N2O/c1-2-12-13(18)17(6-5-16-12)8-9-3-4-10(14)11(15)7-9/h3-4,7,12,16H,2,5-6,8H2,1H3. The molecular formula is C13H16Cl2N2O. The normalized spacial score (nSPS) is 20.3. The van der Waals surface area contributed by atoms with Crippen LogP contribution < -0.4 is 5.32 Å². The highest BCUT2D eigenvalue weighted by Gasteiger charge is 2.26. The number of carbonyl (C=O) groups is 1. The predicted octanol–water partition coefficient (Wildman–Crippen LogP) is 2.70. The summed E-state index contributed by atoms with van der Waals surface area (Å²) in [7, 11) is 0. The third-order valence-corrected chi connectivity index (χ3v) is 3.89. The summed E-state index contributed by atoms with van der Waals surface area (Å²) in [6.07, 6.45) is 0.816. The molecular weight excluding hydrogens is 271 g/mol. The Labute approximate surface area is 117 Å². The Morgan fingerprint density at radius 3 is 2.83 bits per heavy atom. The number of carbonyl (C=O) groups excluding carboxylic acids is 1. The summed E-state index contributed by atoms with van der Waals surface area (Å²) in [4.78, 5) is 14.0. The number of rotatable bonds is 3. The van der Waals surface area contributed by atoms with Gasteiger partial charge in [0.1, 0.15) is 0 Å². The summed E-state index contributed by atoms with van der Waals surface area (Å²) >= 11 is 11.9. The molecule has 1 N–H and O–H groups in total. The van der Waals surface area contributed by atoms with Gasteiger partial charge in [-0.1, -0.05) is 36.2 Å². The smallest absolute Gasteiger partial charge is 0.240 e. The van der Waals surface area contributed by atoms with E-state index in [0.29, 0.717) is 16.6 Å². The van der Waals surface area contributed by atoms with Gasteiger partial charge in [0.05, 0.1) is 16.1 Å². The lowest BCUT2D eigenvalue weighted by atomic mass is 10.1. The van der Waals surface area contributed by atoms with Crippen molar-refractivity contribution >= 4 is 29.1 Å². The van der Waals surface area contributed by atoms with Crippen LogP contribution in [-0.4, -0.2) is 29.9 Å². The van der Waals surface area contributed by atoms with Crippen LogP contribution in [-0.2, 0) is 11.3 Å². The second kappa shape index (κ2) is 5.91. The van der Waals surface area contributed by atoms with Gasteiger partial charge < -0.3 is 10.2 Å². The molecule has 18 heavy (non-hydrogen) atoms. The van der Waals surface area contributed by atoms with Crippen molar-refractivity contribution < 1.29 is 4.79 Å². The highest BCUT2D eigenvalue weighted by Crippen LogP contribution is 2.23. The van der Waals surface area contributed by atoms with Crippen molar-refractivity contribution in [3.63, 3.8) is 0 Å². The molecule has 1 saturated heterocycles. The zero-order valence-electron chi connectivity index (χ0n) is 10.2. The Bertz CT molecular complexity index is 451. The Morgan fingerprint density at radius 2 is 2.17 bits per heavy atom. The fourth-order valence-corrected chi connectivity index (χ4v) is 2.45. The van der Waals surface area contributed by atoms with Gasteiger partial charge in [0, 0.05) is 19.6 Å². The van der Waals surface area contributed by atoms with E-state index in [4.69, 9.17) is 23.2 Å². The molecule has 1 atom stereocenters. The quantitative estimate of drug-likeness (QED) is 0.927. The maximum atomic E-state index is 12.1. The Hall–Kier alpha value is -0.770. The highest BCUT2D eigenvalue weighted by molar-refractivity contribution is 6.42. The number of piperazine rings is 1. The number of halogens is 2. The molecule has 1 amide bonds. The van der Waals surface area contributed by atoms with E-state index in [0.717, 1.165) is 25.1 Å². The number of nitrogens with zero attached hydrogens (tertiary/aromatic N) is 1. The molecule has 1 heterocycles. The first-order valence-electron chi connectivity index (χ1n) is 6.08. The van der Waals surface area contributed by atoms with Crippen LogP contribution in [0.2, 0.25) is 10.0 Å². The minimum Gasteiger partial charge on any atom is -0.336 e. The van der Waals surface area contributed by atoms with E-state index >= 15 is 0 Å². The molecule has 2 rings (SSSR count). The van der Waals surface area contributed by atoms with Gasteiger partial charge in [-0.2, -0.15) is 0 Å². The maximum Gasteiger partial charge on any atom is 0.240 e. The number of amides is 1. The number of hydrogen-bond acceptors (Lipinski definition) is 2. The maximum absolute atomic E-state index is 12.1. The molecule has 0 saturated carbocycles. The minimum absolute atomic E-state index is 0.0541. The second-order valence-electron chi connectivity index (χ2n) is 4.42. The molecule has 1 unspecified atom stereocenters. The summed E-state index contributed by atoms with van der Waals surface area (Å²) in [5, 5.41) is 4.29. The van der Waals surface area contributed by atoms with Gasteiger partial charge in [-0.3, -0.25) is 4.79 Å². The van der Waals surface area contributed by atoms with Crippen LogP contribution in [0.15, 0.2) is 18.2 Å². The lowest BCUT2D eigenvalue weighted by molar-refractivity contribution is -0.136. The Morgan fingerprint density at radius 1 is 1.39 bits per heavy atom. The van der Waals surface area contributed by atoms with E-state index < -0.39 is 0 Å². The van der Waals surface area contributed by atoms with Crippen LogP contribution in [0, 0.1) is 0 Å². The Balaban J connectivity index is 2.08. The number of benzene rings is 1. The summed E-state index contributed by atoms with van der Waals surface area (Å²) in [6, 6.07) is 5.44. The Kier molecular flexibility index (Phi) is 4.49. The average Bonchev–Trinajstić information content (AvgIpc) is 2.36. The monoisotopic (exact) mass is 286 g/mol. The third-order valence-electron chi connectivity index (χ3n) is 3.15. The molecule has 0 radical (unpaired) electrons. The number of hydrogen-bond donors (Lipinski definition) is 1. The fraction of sp³-hybridized carbons (Fsp3) is 0.462. The first-order valence-corrected chi connectivity index (χ1v) is 6.83. The van der Waals surface area contributed by atoms with E-state index in [1.807, 2.05) is 24.0 Å². The van der Waals surface area contributed by atoms with Crippen LogP contribution in [0.1, 0.15) is 18.9 Å². The second-order valence-corrected chi connectivity index (χ2v) is 5.24. The van der Waals surface area contributed by atoms with E-state index in [1.54, 1.807) is 6.07 Å². The lowest BCUT2D eigenvalue weighted by Crippen LogP contribution is -2.54. The highest BCUT2D eigenvalue weighted by atomic mass is 35.5. The van der Waals surface area contributed by atoms with E-state index in [1.165, 1.54) is 0 Å². The molecule has 1 fully saturated rings. The molecule has 0 bridgehead atoms. The van der Waals surface area contributed by atoms with Gasteiger partial charge in [-0.15, -0.1) is 0 Å². The lowest BCUT2D eigenvalue weighted by Gasteiger charge is -2.32. The van der Waals surface area contributed by atoms with Crippen molar-refractivity contribution in [2.24, 2.45) is 0 Å². The van der Waals surface area contributed by atoms with Crippen LogP contribution in [0.25, 0.3) is 0 Å². The molecule has 0 aromatic heterocycles. The summed E-state index contributed by atoms with van der Waals surface area (Å²) in [5.74, 6) is 0.162. The first kappa shape index (κ1) is 13.7. The molecule has 5 heteroatoms. The summed E-state index contributed by atoms with van der Waals surface area (Å²) < 4.78 is 0. The van der Waals surface area contributed by atoms with Crippen molar-refractivity contribution in [1.82, 2.24) is 10.2 Å². The van der Waals surface area contributed by atoms with Crippen molar-refractivity contribution in [3.05, 3.63) is 33.8 Å². The molecule has 0 aliphatic carbocycles. The molecule has 1 aromatic rings. The molecule has 3 nitrogen and oxygen atoms in total. The third kappa shape index (κ3) is 2.97. The average molecular weight is 287 g/mol. The first-order chi connectivity index (χ1) is 8.61. The van der Waals surface area contributed by atoms with E-state index in [-0.39, 0.29) is 11.9 Å². The fourth-order valence-electron chi connectivity index (χ4n) is 2.13. The molecule has 98 valence electrons. The summed E-state index contributed by atoms with van der Waals surface area (Å²) in [6.45, 7) is 4.17. The van der Waals surface area contributed by atoms with E-state index in [9.17, 15) is 4.79 Å². The van der Waals surface area contributed by atoms with Crippen LogP contribution in [0.5, 0.6) is 0 Å². The van der Waals surface area contributed by atoms with Crippen molar-refractivity contribution in [1.29, 1.82) is 0 Å². The SMILES string of the molecule is CCC1NCCN(Cc2ccc(Cl)c(Cl)c2)C1=O. The molecule has 1 aromatic carbocycles. The van der Waals surface area contributed by atoms with Crippen molar-refractivity contribution in [2.45, 2.75) is 25.9 Å². The molecule has 0 spiro atoms. The van der Waals surface area contributed by atoms with E-state index in [2.05, 4.69) is 5.32 Å². The van der Waals surface area contributed by atoms with Gasteiger partial charge in [-0.05, 0) is 24.1 Å². The van der Waals surface area contributed by atoms with Gasteiger partial charge in [0.2, 0.25) is 5.91 Å². The van der Waals surface area contributed by atoms with Crippen LogP contribution >= 0.6 is 23.2 Å². The topological polar surface area (TPSA) is 32.3 Å². The van der Waals surface area contributed by atoms with Crippen LogP contribution in [0.3, 0.4) is 0 Å². The largest absolute Gasteiger partial charge is 0.336 e. The molecule has 1 aliphatic rings. The predicted molar refractivity (Wildman–Crippen MR) is 74.0 cm³/mol. The number of nitrogens with one attached hydrogen (secondary N) is 1. The summed E-state index contributed by atoms with van der Waals surface area (Å²) in [5.41, 5.74) is 1.01. The van der Waals surface area contributed by atoms with Gasteiger partial charge >= 0.3 is 0 Å². The van der Waals surface area contributed by atoms with Gasteiger partial charge in [-0.25, -0.2) is 0 Å².